The van der Waals surface area contributed by atoms with Gasteiger partial charge in [0.2, 0.25) is 6.79 Å². The van der Waals surface area contributed by atoms with E-state index < -0.39 is 5.60 Å². The molecule has 0 aliphatic carbocycles. The molecule has 1 heterocycles. The van der Waals surface area contributed by atoms with Crippen LogP contribution >= 0.6 is 0 Å². The molecule has 4 heteroatoms. The molecule has 0 spiro atoms. The summed E-state index contributed by atoms with van der Waals surface area (Å²) < 4.78 is 10.8. The summed E-state index contributed by atoms with van der Waals surface area (Å²) in [6.45, 7) is 6.09. The van der Waals surface area contributed by atoms with Crippen molar-refractivity contribution >= 4 is 0 Å². The van der Waals surface area contributed by atoms with Crippen molar-refractivity contribution in [3.63, 3.8) is 0 Å². The summed E-state index contributed by atoms with van der Waals surface area (Å²) in [5.41, 5.74) is 1.64. The van der Waals surface area contributed by atoms with E-state index in [4.69, 9.17) is 9.47 Å². The van der Waals surface area contributed by atoms with Gasteiger partial charge in [-0.25, -0.2) is 0 Å². The molecule has 0 aromatic heterocycles. The van der Waals surface area contributed by atoms with Crippen LogP contribution in [0, 0.1) is 0 Å². The molecule has 1 aliphatic rings. The molecule has 23 heavy (non-hydrogen) atoms. The molecule has 0 bridgehead atoms. The van der Waals surface area contributed by atoms with E-state index in [0.717, 1.165) is 30.2 Å². The van der Waals surface area contributed by atoms with Gasteiger partial charge in [-0.3, -0.25) is 4.90 Å². The molecule has 0 unspecified atom stereocenters. The Balaban J connectivity index is 1.75. The van der Waals surface area contributed by atoms with Crippen LogP contribution in [0.15, 0.2) is 48.5 Å². The zero-order valence-electron chi connectivity index (χ0n) is 13.7. The maximum absolute atomic E-state index is 10.2. The highest BCUT2D eigenvalue weighted by atomic mass is 16.7. The number of aliphatic hydroxyl groups is 1. The minimum absolute atomic E-state index is 0.288. The van der Waals surface area contributed by atoms with Crippen molar-refractivity contribution in [1.29, 1.82) is 0 Å². The predicted molar refractivity (Wildman–Crippen MR) is 89.4 cm³/mol. The van der Waals surface area contributed by atoms with Gasteiger partial charge in [0.15, 0.2) is 11.5 Å². The maximum Gasteiger partial charge on any atom is 0.231 e. The monoisotopic (exact) mass is 313 g/mol. The van der Waals surface area contributed by atoms with Crippen molar-refractivity contribution < 1.29 is 14.6 Å². The summed E-state index contributed by atoms with van der Waals surface area (Å²) in [4.78, 5) is 2.24. The van der Waals surface area contributed by atoms with Crippen LogP contribution in [0.25, 0.3) is 0 Å². The molecule has 4 nitrogen and oxygen atoms in total. The van der Waals surface area contributed by atoms with Crippen LogP contribution in [0.5, 0.6) is 11.5 Å². The van der Waals surface area contributed by atoms with Gasteiger partial charge in [-0.05, 0) is 37.1 Å². The van der Waals surface area contributed by atoms with Crippen molar-refractivity contribution in [2.45, 2.75) is 32.5 Å². The molecule has 1 N–H and O–H groups in total. The summed E-state index contributed by atoms with van der Waals surface area (Å²) in [6.07, 6.45) is 0. The van der Waals surface area contributed by atoms with Crippen molar-refractivity contribution in [1.82, 2.24) is 4.90 Å². The summed E-state index contributed by atoms with van der Waals surface area (Å²) >= 11 is 0. The normalized spacial score (nSPS) is 13.6. The molecular weight excluding hydrogens is 290 g/mol. The van der Waals surface area contributed by atoms with Crippen LogP contribution in [0.3, 0.4) is 0 Å². The van der Waals surface area contributed by atoms with Gasteiger partial charge in [0.1, 0.15) is 0 Å². The van der Waals surface area contributed by atoms with Gasteiger partial charge in [-0.15, -0.1) is 0 Å². The van der Waals surface area contributed by atoms with Gasteiger partial charge >= 0.3 is 0 Å². The molecule has 0 saturated heterocycles. The second-order valence-electron chi connectivity index (χ2n) is 6.63. The van der Waals surface area contributed by atoms with E-state index in [-0.39, 0.29) is 6.79 Å². The Kier molecular flexibility index (Phi) is 4.55. The first kappa shape index (κ1) is 15.8. The molecule has 2 aromatic carbocycles. The summed E-state index contributed by atoms with van der Waals surface area (Å²) in [6, 6.07) is 16.3. The Hall–Kier alpha value is -2.04. The van der Waals surface area contributed by atoms with Crippen LogP contribution in [0.1, 0.15) is 25.0 Å². The maximum atomic E-state index is 10.2. The van der Waals surface area contributed by atoms with Crippen molar-refractivity contribution in [3.8, 4) is 11.5 Å². The van der Waals surface area contributed by atoms with Crippen LogP contribution < -0.4 is 9.47 Å². The number of fused-ring (bicyclic) bond motifs is 1. The summed E-state index contributed by atoms with van der Waals surface area (Å²) in [5, 5.41) is 10.2. The van der Waals surface area contributed by atoms with Crippen molar-refractivity contribution in [3.05, 3.63) is 59.7 Å². The Morgan fingerprint density at radius 3 is 2.39 bits per heavy atom. The Morgan fingerprint density at radius 2 is 1.65 bits per heavy atom. The Labute approximate surface area is 137 Å². The number of rotatable bonds is 6. The van der Waals surface area contributed by atoms with Crippen LogP contribution in [-0.4, -0.2) is 28.9 Å². The topological polar surface area (TPSA) is 41.9 Å². The molecule has 2 aromatic rings. The van der Waals surface area contributed by atoms with E-state index in [2.05, 4.69) is 23.1 Å². The van der Waals surface area contributed by atoms with Crippen LogP contribution in [0.4, 0.5) is 0 Å². The highest BCUT2D eigenvalue weighted by Gasteiger charge is 2.20. The van der Waals surface area contributed by atoms with E-state index in [0.29, 0.717) is 6.54 Å². The first-order valence-corrected chi connectivity index (χ1v) is 7.87. The molecule has 1 aliphatic heterocycles. The van der Waals surface area contributed by atoms with E-state index in [9.17, 15) is 5.11 Å². The van der Waals surface area contributed by atoms with E-state index in [1.807, 2.05) is 44.2 Å². The van der Waals surface area contributed by atoms with Crippen molar-refractivity contribution in [2.75, 3.05) is 13.3 Å². The number of hydrogen-bond acceptors (Lipinski definition) is 4. The van der Waals surface area contributed by atoms with Crippen molar-refractivity contribution in [2.24, 2.45) is 0 Å². The van der Waals surface area contributed by atoms with Crippen LogP contribution in [0.2, 0.25) is 0 Å². The summed E-state index contributed by atoms with van der Waals surface area (Å²) in [7, 11) is 0. The largest absolute Gasteiger partial charge is 0.454 e. The lowest BCUT2D eigenvalue weighted by Gasteiger charge is -2.29. The smallest absolute Gasteiger partial charge is 0.231 e. The molecule has 0 atom stereocenters. The minimum atomic E-state index is -0.745. The first-order valence-electron chi connectivity index (χ1n) is 7.87. The van der Waals surface area contributed by atoms with E-state index >= 15 is 0 Å². The van der Waals surface area contributed by atoms with Gasteiger partial charge in [0.05, 0.1) is 5.60 Å². The fourth-order valence-corrected chi connectivity index (χ4v) is 2.85. The average Bonchev–Trinajstić information content (AvgIpc) is 2.94. The summed E-state index contributed by atoms with van der Waals surface area (Å²) in [5.74, 6) is 1.59. The van der Waals surface area contributed by atoms with Gasteiger partial charge < -0.3 is 14.6 Å². The second kappa shape index (κ2) is 6.60. The highest BCUT2D eigenvalue weighted by molar-refractivity contribution is 5.44. The Bertz CT molecular complexity index is 649. The quantitative estimate of drug-likeness (QED) is 0.889. The minimum Gasteiger partial charge on any atom is -0.454 e. The first-order chi connectivity index (χ1) is 11.0. The number of nitrogens with zero attached hydrogens (tertiary/aromatic N) is 1. The third-order valence-electron chi connectivity index (χ3n) is 3.70. The number of ether oxygens (including phenoxy) is 2. The molecule has 0 saturated carbocycles. The second-order valence-corrected chi connectivity index (χ2v) is 6.63. The van der Waals surface area contributed by atoms with Gasteiger partial charge in [0, 0.05) is 19.6 Å². The van der Waals surface area contributed by atoms with E-state index in [1.54, 1.807) is 0 Å². The van der Waals surface area contributed by atoms with Gasteiger partial charge in [-0.1, -0.05) is 36.4 Å². The SMILES string of the molecule is CC(C)(O)CN(Cc1ccccc1)Cc1ccc2c(c1)OCO2. The van der Waals surface area contributed by atoms with Gasteiger partial charge in [0.25, 0.3) is 0 Å². The fraction of sp³-hybridized carbons (Fsp3) is 0.368. The Morgan fingerprint density at radius 1 is 0.957 bits per heavy atom. The lowest BCUT2D eigenvalue weighted by Crippen LogP contribution is -2.37. The average molecular weight is 313 g/mol. The molecular formula is C19H23NO3. The lowest BCUT2D eigenvalue weighted by molar-refractivity contribution is 0.0307. The van der Waals surface area contributed by atoms with E-state index in [1.165, 1.54) is 5.56 Å². The molecule has 0 amide bonds. The standard InChI is InChI=1S/C19H23NO3/c1-19(2,21)13-20(11-15-6-4-3-5-7-15)12-16-8-9-17-18(10-16)23-14-22-17/h3-10,21H,11-14H2,1-2H3. The van der Waals surface area contributed by atoms with Gasteiger partial charge in [-0.2, -0.15) is 0 Å². The van der Waals surface area contributed by atoms with Crippen LogP contribution in [-0.2, 0) is 13.1 Å². The zero-order chi connectivity index (χ0) is 16.3. The third-order valence-corrected chi connectivity index (χ3v) is 3.70. The third kappa shape index (κ3) is 4.47. The number of benzene rings is 2. The predicted octanol–water partition coefficient (Wildman–Crippen LogP) is 3.19. The number of hydrogen-bond donors (Lipinski definition) is 1. The molecule has 0 fully saturated rings. The zero-order valence-corrected chi connectivity index (χ0v) is 13.7. The molecule has 0 radical (unpaired) electrons. The molecule has 3 rings (SSSR count). The molecule has 122 valence electrons. The fourth-order valence-electron chi connectivity index (χ4n) is 2.85. The highest BCUT2D eigenvalue weighted by Crippen LogP contribution is 2.33. The lowest BCUT2D eigenvalue weighted by atomic mass is 10.1.